The van der Waals surface area contributed by atoms with Gasteiger partial charge in [0.1, 0.15) is 5.69 Å². The quantitative estimate of drug-likeness (QED) is 0.587. The molecular weight excluding hydrogens is 272 g/mol. The second kappa shape index (κ2) is 6.53. The van der Waals surface area contributed by atoms with Crippen molar-refractivity contribution in [1.82, 2.24) is 10.2 Å². The highest BCUT2D eigenvalue weighted by molar-refractivity contribution is 6.01. The second-order valence-corrected chi connectivity index (χ2v) is 5.17. The molecule has 0 aliphatic heterocycles. The summed E-state index contributed by atoms with van der Waals surface area (Å²) < 4.78 is 0. The van der Waals surface area contributed by atoms with Crippen LogP contribution in [0.3, 0.4) is 0 Å². The Morgan fingerprint density at radius 3 is 2.76 bits per heavy atom. The summed E-state index contributed by atoms with van der Waals surface area (Å²) in [6.45, 7) is 1.30. The topological polar surface area (TPSA) is 87.5 Å². The number of rotatable bonds is 7. The third kappa shape index (κ3) is 3.69. The van der Waals surface area contributed by atoms with E-state index in [2.05, 4.69) is 15.5 Å². The van der Waals surface area contributed by atoms with E-state index in [1.54, 1.807) is 13.1 Å². The van der Waals surface area contributed by atoms with Crippen LogP contribution in [0.5, 0.6) is 0 Å². The van der Waals surface area contributed by atoms with E-state index in [0.29, 0.717) is 18.2 Å². The summed E-state index contributed by atoms with van der Waals surface area (Å²) in [4.78, 5) is 24.9. The molecule has 0 aromatic heterocycles. The Morgan fingerprint density at radius 1 is 1.48 bits per heavy atom. The minimum absolute atomic E-state index is 0.0970. The van der Waals surface area contributed by atoms with E-state index in [0.717, 1.165) is 6.54 Å². The Labute approximate surface area is 123 Å². The predicted octanol–water partition coefficient (Wildman–Crippen LogP) is 1.46. The lowest BCUT2D eigenvalue weighted by Gasteiger charge is -2.16. The summed E-state index contributed by atoms with van der Waals surface area (Å²) in [5.41, 5.74) is 0.441. The fraction of sp³-hybridized carbons (Fsp3) is 0.500. The number of nitrogens with zero attached hydrogens (tertiary/aromatic N) is 2. The second-order valence-electron chi connectivity index (χ2n) is 5.17. The van der Waals surface area contributed by atoms with Crippen molar-refractivity contribution in [2.45, 2.75) is 18.9 Å². The van der Waals surface area contributed by atoms with Crippen molar-refractivity contribution in [2.24, 2.45) is 0 Å². The smallest absolute Gasteiger partial charge is 0.293 e. The molecule has 0 radical (unpaired) electrons. The number of carbonyl (C=O) groups is 1. The maximum Gasteiger partial charge on any atom is 0.293 e. The fourth-order valence-corrected chi connectivity index (χ4v) is 2.28. The highest BCUT2D eigenvalue weighted by Crippen LogP contribution is 2.27. The Kier molecular flexibility index (Phi) is 4.74. The van der Waals surface area contributed by atoms with E-state index in [4.69, 9.17) is 0 Å². The number of amides is 1. The van der Waals surface area contributed by atoms with Gasteiger partial charge in [0, 0.05) is 32.2 Å². The standard InChI is InChI=1S/C14H20N4O3/c1-15-13-11(4-3-5-12(13)18(20)21)14(19)16-8-9-17(2)10-6-7-10/h3-5,10,15H,6-9H2,1-2H3,(H,16,19). The van der Waals surface area contributed by atoms with Gasteiger partial charge in [0.05, 0.1) is 10.5 Å². The number of likely N-dealkylation sites (N-methyl/N-ethyl adjacent to an activating group) is 1. The molecule has 2 rings (SSSR count). The lowest BCUT2D eigenvalue weighted by Crippen LogP contribution is -2.34. The van der Waals surface area contributed by atoms with Gasteiger partial charge in [-0.1, -0.05) is 6.07 Å². The molecule has 21 heavy (non-hydrogen) atoms. The van der Waals surface area contributed by atoms with Crippen LogP contribution < -0.4 is 10.6 Å². The number of carbonyl (C=O) groups excluding carboxylic acids is 1. The molecule has 0 bridgehead atoms. The molecule has 0 atom stereocenters. The minimum Gasteiger partial charge on any atom is -0.382 e. The summed E-state index contributed by atoms with van der Waals surface area (Å²) in [5.74, 6) is -0.299. The van der Waals surface area contributed by atoms with Crippen LogP contribution in [0.2, 0.25) is 0 Å². The average Bonchev–Trinajstić information content (AvgIpc) is 3.30. The average molecular weight is 292 g/mol. The van der Waals surface area contributed by atoms with Crippen LogP contribution in [0, 0.1) is 10.1 Å². The first kappa shape index (κ1) is 15.2. The van der Waals surface area contributed by atoms with Crippen LogP contribution in [0.1, 0.15) is 23.2 Å². The van der Waals surface area contributed by atoms with E-state index in [1.165, 1.54) is 25.0 Å². The van der Waals surface area contributed by atoms with Gasteiger partial charge < -0.3 is 15.5 Å². The molecule has 7 heteroatoms. The van der Waals surface area contributed by atoms with Crippen molar-refractivity contribution in [3.8, 4) is 0 Å². The molecule has 0 heterocycles. The van der Waals surface area contributed by atoms with Gasteiger partial charge in [-0.15, -0.1) is 0 Å². The van der Waals surface area contributed by atoms with Gasteiger partial charge in [-0.3, -0.25) is 14.9 Å². The zero-order valence-corrected chi connectivity index (χ0v) is 12.3. The number of anilines is 1. The van der Waals surface area contributed by atoms with Crippen LogP contribution in [-0.4, -0.2) is 49.0 Å². The van der Waals surface area contributed by atoms with Crippen LogP contribution in [0.15, 0.2) is 18.2 Å². The molecule has 1 aliphatic rings. The number of hydrogen-bond donors (Lipinski definition) is 2. The summed E-state index contributed by atoms with van der Waals surface area (Å²) in [5, 5.41) is 16.5. The number of para-hydroxylation sites is 1. The largest absolute Gasteiger partial charge is 0.382 e. The van der Waals surface area contributed by atoms with E-state index < -0.39 is 4.92 Å². The van der Waals surface area contributed by atoms with Crippen LogP contribution in [0.4, 0.5) is 11.4 Å². The van der Waals surface area contributed by atoms with Gasteiger partial charge in [-0.25, -0.2) is 0 Å². The van der Waals surface area contributed by atoms with Gasteiger partial charge in [-0.2, -0.15) is 0 Å². The summed E-state index contributed by atoms with van der Waals surface area (Å²) >= 11 is 0. The summed E-state index contributed by atoms with van der Waals surface area (Å²) in [7, 11) is 3.61. The highest BCUT2D eigenvalue weighted by Gasteiger charge is 2.26. The molecule has 114 valence electrons. The molecule has 2 N–H and O–H groups in total. The van der Waals surface area contributed by atoms with Crippen molar-refractivity contribution in [3.05, 3.63) is 33.9 Å². The first-order valence-corrected chi connectivity index (χ1v) is 6.98. The van der Waals surface area contributed by atoms with Crippen molar-refractivity contribution in [2.75, 3.05) is 32.5 Å². The number of benzene rings is 1. The molecule has 7 nitrogen and oxygen atoms in total. The fourth-order valence-electron chi connectivity index (χ4n) is 2.28. The van der Waals surface area contributed by atoms with Crippen molar-refractivity contribution < 1.29 is 9.72 Å². The van der Waals surface area contributed by atoms with Crippen LogP contribution >= 0.6 is 0 Å². The van der Waals surface area contributed by atoms with Crippen molar-refractivity contribution in [1.29, 1.82) is 0 Å². The third-order valence-electron chi connectivity index (χ3n) is 3.65. The molecular formula is C14H20N4O3. The monoisotopic (exact) mass is 292 g/mol. The number of nitrogens with one attached hydrogen (secondary N) is 2. The lowest BCUT2D eigenvalue weighted by atomic mass is 10.1. The molecule has 1 amide bonds. The minimum atomic E-state index is -0.497. The Hall–Kier alpha value is -2.15. The Morgan fingerprint density at radius 2 is 2.19 bits per heavy atom. The van der Waals surface area contributed by atoms with Crippen molar-refractivity contribution >= 4 is 17.3 Å². The summed E-state index contributed by atoms with van der Waals surface area (Å²) in [6, 6.07) is 5.12. The zero-order valence-electron chi connectivity index (χ0n) is 12.3. The molecule has 1 saturated carbocycles. The number of nitro benzene ring substituents is 1. The van der Waals surface area contributed by atoms with Gasteiger partial charge in [-0.05, 0) is 26.0 Å². The van der Waals surface area contributed by atoms with Gasteiger partial charge in [0.2, 0.25) is 0 Å². The molecule has 0 unspecified atom stereocenters. The zero-order chi connectivity index (χ0) is 15.4. The molecule has 0 saturated heterocycles. The third-order valence-corrected chi connectivity index (χ3v) is 3.65. The molecule has 0 spiro atoms. The molecule has 1 fully saturated rings. The van der Waals surface area contributed by atoms with Gasteiger partial charge in [0.15, 0.2) is 0 Å². The van der Waals surface area contributed by atoms with E-state index in [-0.39, 0.29) is 17.3 Å². The van der Waals surface area contributed by atoms with Crippen molar-refractivity contribution in [3.63, 3.8) is 0 Å². The number of hydrogen-bond acceptors (Lipinski definition) is 5. The Balaban J connectivity index is 2.01. The van der Waals surface area contributed by atoms with E-state index >= 15 is 0 Å². The highest BCUT2D eigenvalue weighted by atomic mass is 16.6. The van der Waals surface area contributed by atoms with Gasteiger partial charge in [0.25, 0.3) is 11.6 Å². The normalized spacial score (nSPS) is 14.0. The summed E-state index contributed by atoms with van der Waals surface area (Å²) in [6.07, 6.45) is 2.44. The number of nitro groups is 1. The van der Waals surface area contributed by atoms with Crippen LogP contribution in [-0.2, 0) is 0 Å². The lowest BCUT2D eigenvalue weighted by molar-refractivity contribution is -0.384. The Bertz CT molecular complexity index is 543. The van der Waals surface area contributed by atoms with Gasteiger partial charge >= 0.3 is 0 Å². The molecule has 1 aromatic rings. The molecule has 1 aliphatic carbocycles. The van der Waals surface area contributed by atoms with Crippen LogP contribution in [0.25, 0.3) is 0 Å². The van der Waals surface area contributed by atoms with E-state index in [1.807, 2.05) is 7.05 Å². The first-order valence-electron chi connectivity index (χ1n) is 6.98. The maximum atomic E-state index is 12.2. The van der Waals surface area contributed by atoms with E-state index in [9.17, 15) is 14.9 Å². The maximum absolute atomic E-state index is 12.2. The SMILES string of the molecule is CNc1c(C(=O)NCCN(C)C2CC2)cccc1[N+](=O)[O-]. The first-order chi connectivity index (χ1) is 10.0. The molecule has 1 aromatic carbocycles. The predicted molar refractivity (Wildman–Crippen MR) is 80.6 cm³/mol.